The van der Waals surface area contributed by atoms with Crippen LogP contribution in [0.5, 0.6) is 11.5 Å². The second-order valence-electron chi connectivity index (χ2n) is 6.08. The molecule has 0 fully saturated rings. The molecular formula is C21H23N3O3. The number of amides is 1. The Morgan fingerprint density at radius 1 is 1.04 bits per heavy atom. The number of aromatic nitrogens is 2. The molecule has 140 valence electrons. The van der Waals surface area contributed by atoms with E-state index in [-0.39, 0.29) is 5.91 Å². The lowest BCUT2D eigenvalue weighted by Crippen LogP contribution is -2.23. The zero-order valence-electron chi connectivity index (χ0n) is 15.7. The summed E-state index contributed by atoms with van der Waals surface area (Å²) in [6, 6.07) is 13.7. The fourth-order valence-electron chi connectivity index (χ4n) is 2.85. The van der Waals surface area contributed by atoms with E-state index in [1.54, 1.807) is 20.4 Å². The minimum absolute atomic E-state index is 0.187. The Hall–Kier alpha value is -3.28. The van der Waals surface area contributed by atoms with Gasteiger partial charge in [-0.15, -0.1) is 0 Å². The van der Waals surface area contributed by atoms with Crippen molar-refractivity contribution in [2.75, 3.05) is 14.2 Å². The van der Waals surface area contributed by atoms with Gasteiger partial charge in [0, 0.05) is 12.1 Å². The number of nitrogens with one attached hydrogen (secondary N) is 2. The van der Waals surface area contributed by atoms with Gasteiger partial charge in [0.2, 0.25) is 0 Å². The average molecular weight is 365 g/mol. The van der Waals surface area contributed by atoms with E-state index >= 15 is 0 Å². The third kappa shape index (κ3) is 4.11. The van der Waals surface area contributed by atoms with Crippen molar-refractivity contribution >= 4 is 5.91 Å². The average Bonchev–Trinajstić information content (AvgIpc) is 3.21. The number of methoxy groups -OCH3 is 2. The first-order valence-electron chi connectivity index (χ1n) is 8.78. The molecule has 3 rings (SSSR count). The highest BCUT2D eigenvalue weighted by atomic mass is 16.5. The van der Waals surface area contributed by atoms with Crippen molar-refractivity contribution in [1.29, 1.82) is 0 Å². The molecule has 1 aromatic heterocycles. The van der Waals surface area contributed by atoms with E-state index < -0.39 is 0 Å². The number of aryl methyl sites for hydroxylation is 1. The SMILES string of the molecule is CCc1ccc(-c2[nH]ncc2C(=O)NCc2ccc(OC)c(OC)c2)cc1. The molecule has 0 unspecified atom stereocenters. The Balaban J connectivity index is 1.73. The molecule has 0 saturated heterocycles. The van der Waals surface area contributed by atoms with Crippen molar-refractivity contribution < 1.29 is 14.3 Å². The van der Waals surface area contributed by atoms with E-state index in [0.29, 0.717) is 29.3 Å². The Kier molecular flexibility index (Phi) is 5.76. The van der Waals surface area contributed by atoms with Gasteiger partial charge in [0.25, 0.3) is 5.91 Å². The number of benzene rings is 2. The normalized spacial score (nSPS) is 10.5. The van der Waals surface area contributed by atoms with Crippen LogP contribution in [0, 0.1) is 0 Å². The number of nitrogens with zero attached hydrogens (tertiary/aromatic N) is 1. The van der Waals surface area contributed by atoms with Crippen molar-refractivity contribution in [2.45, 2.75) is 19.9 Å². The topological polar surface area (TPSA) is 76.2 Å². The van der Waals surface area contributed by atoms with Gasteiger partial charge in [-0.3, -0.25) is 9.89 Å². The first kappa shape index (κ1) is 18.5. The van der Waals surface area contributed by atoms with Crippen LogP contribution in [0.25, 0.3) is 11.3 Å². The molecule has 3 aromatic rings. The Bertz CT molecular complexity index is 917. The highest BCUT2D eigenvalue weighted by Crippen LogP contribution is 2.27. The van der Waals surface area contributed by atoms with E-state index in [1.807, 2.05) is 30.3 Å². The maximum atomic E-state index is 12.6. The predicted octanol–water partition coefficient (Wildman–Crippen LogP) is 3.59. The van der Waals surface area contributed by atoms with Gasteiger partial charge < -0.3 is 14.8 Å². The fraction of sp³-hybridized carbons (Fsp3) is 0.238. The smallest absolute Gasteiger partial charge is 0.255 e. The minimum Gasteiger partial charge on any atom is -0.493 e. The van der Waals surface area contributed by atoms with E-state index in [2.05, 4.69) is 34.6 Å². The number of carbonyl (C=O) groups excluding carboxylic acids is 1. The molecule has 0 radical (unpaired) electrons. The summed E-state index contributed by atoms with van der Waals surface area (Å²) in [7, 11) is 3.18. The summed E-state index contributed by atoms with van der Waals surface area (Å²) in [5.74, 6) is 1.09. The molecule has 1 heterocycles. The largest absolute Gasteiger partial charge is 0.493 e. The molecule has 0 aliphatic carbocycles. The highest BCUT2D eigenvalue weighted by molar-refractivity contribution is 5.99. The third-order valence-corrected chi connectivity index (χ3v) is 4.44. The van der Waals surface area contributed by atoms with Crippen LogP contribution in [0.1, 0.15) is 28.4 Å². The van der Waals surface area contributed by atoms with Gasteiger partial charge >= 0.3 is 0 Å². The lowest BCUT2D eigenvalue weighted by Gasteiger charge is -2.10. The molecule has 27 heavy (non-hydrogen) atoms. The summed E-state index contributed by atoms with van der Waals surface area (Å²) >= 11 is 0. The van der Waals surface area contributed by atoms with E-state index in [1.165, 1.54) is 5.56 Å². The Morgan fingerprint density at radius 3 is 2.41 bits per heavy atom. The number of H-pyrrole nitrogens is 1. The standard InChI is InChI=1S/C21H23N3O3/c1-4-14-5-8-16(9-6-14)20-17(13-23-24-20)21(25)22-12-15-7-10-18(26-2)19(11-15)27-3/h5-11,13H,4,12H2,1-3H3,(H,22,25)(H,23,24). The van der Waals surface area contributed by atoms with Crippen LogP contribution in [0.4, 0.5) is 0 Å². The second kappa shape index (κ2) is 8.40. The van der Waals surface area contributed by atoms with Gasteiger partial charge in [0.05, 0.1) is 31.7 Å². The van der Waals surface area contributed by atoms with Crippen LogP contribution in [0.3, 0.4) is 0 Å². The van der Waals surface area contributed by atoms with Crippen LogP contribution >= 0.6 is 0 Å². The zero-order valence-corrected chi connectivity index (χ0v) is 15.7. The van der Waals surface area contributed by atoms with Crippen molar-refractivity contribution in [3.05, 3.63) is 65.4 Å². The minimum atomic E-state index is -0.187. The highest BCUT2D eigenvalue weighted by Gasteiger charge is 2.15. The summed E-state index contributed by atoms with van der Waals surface area (Å²) in [4.78, 5) is 12.6. The quantitative estimate of drug-likeness (QED) is 0.671. The number of hydrogen-bond donors (Lipinski definition) is 2. The summed E-state index contributed by atoms with van der Waals surface area (Å²) in [5, 5.41) is 9.90. The molecule has 0 aliphatic rings. The summed E-state index contributed by atoms with van der Waals surface area (Å²) in [5.41, 5.74) is 4.32. The molecule has 2 N–H and O–H groups in total. The molecule has 0 aliphatic heterocycles. The number of aromatic amines is 1. The first-order valence-corrected chi connectivity index (χ1v) is 8.78. The van der Waals surface area contributed by atoms with Crippen molar-refractivity contribution in [1.82, 2.24) is 15.5 Å². The maximum absolute atomic E-state index is 12.6. The molecular weight excluding hydrogens is 342 g/mol. The van der Waals surface area contributed by atoms with Gasteiger partial charge in [-0.1, -0.05) is 37.3 Å². The van der Waals surface area contributed by atoms with Gasteiger partial charge in [-0.25, -0.2) is 0 Å². The number of carbonyl (C=O) groups is 1. The van der Waals surface area contributed by atoms with Crippen LogP contribution in [0.15, 0.2) is 48.7 Å². The van der Waals surface area contributed by atoms with Crippen LogP contribution in [0.2, 0.25) is 0 Å². The van der Waals surface area contributed by atoms with Gasteiger partial charge in [0.1, 0.15) is 0 Å². The van der Waals surface area contributed by atoms with Crippen molar-refractivity contribution in [3.8, 4) is 22.8 Å². The Labute approximate surface area is 158 Å². The van der Waals surface area contributed by atoms with Crippen LogP contribution < -0.4 is 14.8 Å². The molecule has 2 aromatic carbocycles. The lowest BCUT2D eigenvalue weighted by molar-refractivity contribution is 0.0951. The maximum Gasteiger partial charge on any atom is 0.255 e. The first-order chi connectivity index (χ1) is 13.2. The van der Waals surface area contributed by atoms with Crippen molar-refractivity contribution in [2.24, 2.45) is 0 Å². The Morgan fingerprint density at radius 2 is 1.74 bits per heavy atom. The summed E-state index contributed by atoms with van der Waals surface area (Å²) in [6.07, 6.45) is 2.52. The molecule has 6 nitrogen and oxygen atoms in total. The summed E-state index contributed by atoms with van der Waals surface area (Å²) < 4.78 is 10.5. The van der Waals surface area contributed by atoms with E-state index in [4.69, 9.17) is 9.47 Å². The zero-order chi connectivity index (χ0) is 19.2. The molecule has 0 atom stereocenters. The summed E-state index contributed by atoms with van der Waals surface area (Å²) in [6.45, 7) is 2.48. The third-order valence-electron chi connectivity index (χ3n) is 4.44. The number of ether oxygens (including phenoxy) is 2. The molecule has 6 heteroatoms. The second-order valence-corrected chi connectivity index (χ2v) is 6.08. The number of rotatable bonds is 7. The molecule has 0 bridgehead atoms. The molecule has 0 spiro atoms. The monoisotopic (exact) mass is 365 g/mol. The van der Waals surface area contributed by atoms with E-state index in [9.17, 15) is 4.79 Å². The number of hydrogen-bond acceptors (Lipinski definition) is 4. The molecule has 1 amide bonds. The van der Waals surface area contributed by atoms with E-state index in [0.717, 1.165) is 17.5 Å². The van der Waals surface area contributed by atoms with Gasteiger partial charge in [0.15, 0.2) is 11.5 Å². The fourth-order valence-corrected chi connectivity index (χ4v) is 2.85. The van der Waals surface area contributed by atoms with Crippen LogP contribution in [-0.4, -0.2) is 30.3 Å². The van der Waals surface area contributed by atoms with Gasteiger partial charge in [-0.05, 0) is 29.7 Å². The van der Waals surface area contributed by atoms with Gasteiger partial charge in [-0.2, -0.15) is 5.10 Å². The van der Waals surface area contributed by atoms with Crippen molar-refractivity contribution in [3.63, 3.8) is 0 Å². The lowest BCUT2D eigenvalue weighted by atomic mass is 10.0. The van der Waals surface area contributed by atoms with Crippen LogP contribution in [-0.2, 0) is 13.0 Å². The predicted molar refractivity (Wildman–Crippen MR) is 104 cm³/mol. The molecule has 0 saturated carbocycles.